The largest absolute Gasteiger partial charge is 0.504 e. The average Bonchev–Trinajstić information content (AvgIpc) is 2.98. The zero-order valence-corrected chi connectivity index (χ0v) is 24.5. The summed E-state index contributed by atoms with van der Waals surface area (Å²) in [5.41, 5.74) is 5.85. The van der Waals surface area contributed by atoms with Crippen LogP contribution in [0.5, 0.6) is 23.0 Å². The molecule has 0 saturated heterocycles. The van der Waals surface area contributed by atoms with Crippen molar-refractivity contribution in [1.29, 1.82) is 0 Å². The van der Waals surface area contributed by atoms with E-state index in [-0.39, 0.29) is 29.8 Å². The molecule has 1 heterocycles. The fraction of sp³-hybridized carbons (Fsp3) is 0.294. The minimum atomic E-state index is -0.648. The van der Waals surface area contributed by atoms with Gasteiger partial charge in [0, 0.05) is 40.6 Å². The highest BCUT2D eigenvalue weighted by Gasteiger charge is 2.41. The van der Waals surface area contributed by atoms with Gasteiger partial charge in [-0.25, -0.2) is 0 Å². The van der Waals surface area contributed by atoms with Gasteiger partial charge in [-0.2, -0.15) is 0 Å². The molecule has 5 rings (SSSR count). The van der Waals surface area contributed by atoms with E-state index in [0.29, 0.717) is 58.4 Å². The SMILES string of the molecule is CCOc1cc(C2C(C(=O)Nc3ccc(C)cc3)=C(C)NC3=C2C(=O)CC(c2ccc(OC)c(OC)c2)C3)ccc1O. The number of benzene rings is 3. The molecule has 1 amide bonds. The lowest BCUT2D eigenvalue weighted by Crippen LogP contribution is -2.37. The Hall–Kier alpha value is -4.72. The number of aryl methyl sites for hydroxylation is 1. The van der Waals surface area contributed by atoms with Crippen molar-refractivity contribution >= 4 is 17.4 Å². The van der Waals surface area contributed by atoms with E-state index in [1.54, 1.807) is 32.4 Å². The number of ketones is 1. The second-order valence-corrected chi connectivity index (χ2v) is 10.6. The topological polar surface area (TPSA) is 106 Å². The van der Waals surface area contributed by atoms with Crippen LogP contribution in [0.3, 0.4) is 0 Å². The number of dihydropyridines is 1. The summed E-state index contributed by atoms with van der Waals surface area (Å²) in [6.45, 7) is 6.03. The second-order valence-electron chi connectivity index (χ2n) is 10.6. The number of nitrogens with one attached hydrogen (secondary N) is 2. The quantitative estimate of drug-likeness (QED) is 0.301. The standard InChI is InChI=1S/C34H36N2O6/c1-6-42-29-18-22(9-13-26(29)37)32-31(34(39)36-24-11-7-19(2)8-12-24)20(3)35-25-15-23(16-27(38)33(25)32)21-10-14-28(40-4)30(17-21)41-5/h7-14,17-18,23,32,35,37H,6,15-16H2,1-5H3,(H,36,39). The maximum absolute atomic E-state index is 14.0. The summed E-state index contributed by atoms with van der Waals surface area (Å²) >= 11 is 0. The summed E-state index contributed by atoms with van der Waals surface area (Å²) in [6.07, 6.45) is 0.850. The number of Topliss-reactive ketones (excluding diaryl/α,β-unsaturated/α-hetero) is 1. The van der Waals surface area contributed by atoms with E-state index in [2.05, 4.69) is 10.6 Å². The van der Waals surface area contributed by atoms with Crippen LogP contribution in [-0.4, -0.2) is 37.6 Å². The number of aromatic hydroxyl groups is 1. The highest BCUT2D eigenvalue weighted by molar-refractivity contribution is 6.10. The molecule has 8 nitrogen and oxygen atoms in total. The van der Waals surface area contributed by atoms with Crippen molar-refractivity contribution in [1.82, 2.24) is 5.32 Å². The first-order valence-corrected chi connectivity index (χ1v) is 14.0. The van der Waals surface area contributed by atoms with Crippen LogP contribution in [0.25, 0.3) is 0 Å². The lowest BCUT2D eigenvalue weighted by atomic mass is 9.71. The number of phenolic OH excluding ortho intramolecular Hbond substituents is 1. The molecule has 42 heavy (non-hydrogen) atoms. The lowest BCUT2D eigenvalue weighted by molar-refractivity contribution is -0.116. The van der Waals surface area contributed by atoms with E-state index >= 15 is 0 Å². The van der Waals surface area contributed by atoms with Crippen molar-refractivity contribution < 1.29 is 28.9 Å². The van der Waals surface area contributed by atoms with Crippen LogP contribution >= 0.6 is 0 Å². The molecule has 0 spiro atoms. The van der Waals surface area contributed by atoms with Crippen molar-refractivity contribution in [3.8, 4) is 23.0 Å². The molecule has 3 aromatic rings. The van der Waals surface area contributed by atoms with Gasteiger partial charge in [-0.05, 0) is 80.6 Å². The zero-order chi connectivity index (χ0) is 30.0. The highest BCUT2D eigenvalue weighted by Crippen LogP contribution is 2.47. The number of carbonyl (C=O) groups excluding carboxylic acids is 2. The summed E-state index contributed by atoms with van der Waals surface area (Å²) in [5.74, 6) is 0.449. The highest BCUT2D eigenvalue weighted by atomic mass is 16.5. The number of methoxy groups -OCH3 is 2. The van der Waals surface area contributed by atoms with Crippen molar-refractivity contribution in [3.63, 3.8) is 0 Å². The van der Waals surface area contributed by atoms with Crippen LogP contribution in [-0.2, 0) is 9.59 Å². The molecule has 0 bridgehead atoms. The molecule has 3 N–H and O–H groups in total. The number of rotatable bonds is 8. The van der Waals surface area contributed by atoms with Gasteiger partial charge in [0.25, 0.3) is 5.91 Å². The molecule has 0 radical (unpaired) electrons. The Balaban J connectivity index is 1.57. The maximum Gasteiger partial charge on any atom is 0.254 e. The Morgan fingerprint density at radius 3 is 2.31 bits per heavy atom. The summed E-state index contributed by atoms with van der Waals surface area (Å²) in [5, 5.41) is 16.8. The number of anilines is 1. The zero-order valence-electron chi connectivity index (χ0n) is 24.5. The Kier molecular flexibility index (Phi) is 8.24. The first kappa shape index (κ1) is 28.8. The fourth-order valence-corrected chi connectivity index (χ4v) is 5.83. The minimum Gasteiger partial charge on any atom is -0.504 e. The van der Waals surface area contributed by atoms with Crippen LogP contribution in [0.1, 0.15) is 55.2 Å². The first-order valence-electron chi connectivity index (χ1n) is 14.0. The smallest absolute Gasteiger partial charge is 0.254 e. The number of hydrogen-bond acceptors (Lipinski definition) is 7. The van der Waals surface area contributed by atoms with Gasteiger partial charge in [0.05, 0.1) is 20.8 Å². The normalized spacial score (nSPS) is 18.3. The third-order valence-electron chi connectivity index (χ3n) is 7.88. The number of ether oxygens (including phenoxy) is 3. The lowest BCUT2D eigenvalue weighted by Gasteiger charge is -2.37. The van der Waals surface area contributed by atoms with Crippen LogP contribution in [0.4, 0.5) is 5.69 Å². The van der Waals surface area contributed by atoms with Crippen molar-refractivity contribution in [3.05, 3.63) is 99.9 Å². The summed E-state index contributed by atoms with van der Waals surface area (Å²) in [4.78, 5) is 27.9. The molecule has 218 valence electrons. The molecule has 0 aromatic heterocycles. The summed E-state index contributed by atoms with van der Waals surface area (Å²) < 4.78 is 16.6. The third-order valence-corrected chi connectivity index (χ3v) is 7.88. The monoisotopic (exact) mass is 568 g/mol. The van der Waals surface area contributed by atoms with Gasteiger partial charge < -0.3 is 30.0 Å². The van der Waals surface area contributed by atoms with Gasteiger partial charge in [0.15, 0.2) is 28.8 Å². The van der Waals surface area contributed by atoms with Crippen LogP contribution in [0.2, 0.25) is 0 Å². The predicted octanol–water partition coefficient (Wildman–Crippen LogP) is 6.12. The molecule has 0 saturated carbocycles. The number of allylic oxidation sites excluding steroid dienone is 3. The Labute approximate surface area is 246 Å². The Morgan fingerprint density at radius 1 is 0.929 bits per heavy atom. The Morgan fingerprint density at radius 2 is 1.62 bits per heavy atom. The molecule has 2 atom stereocenters. The van der Waals surface area contributed by atoms with Gasteiger partial charge in [0.2, 0.25) is 0 Å². The van der Waals surface area contributed by atoms with Crippen molar-refractivity contribution in [2.24, 2.45) is 0 Å². The molecular formula is C34H36N2O6. The average molecular weight is 569 g/mol. The van der Waals surface area contributed by atoms with Crippen molar-refractivity contribution in [2.75, 3.05) is 26.1 Å². The number of carbonyl (C=O) groups is 2. The second kappa shape index (κ2) is 12.0. The van der Waals surface area contributed by atoms with Gasteiger partial charge in [-0.1, -0.05) is 29.8 Å². The summed E-state index contributed by atoms with van der Waals surface area (Å²) in [6, 6.07) is 18.3. The van der Waals surface area contributed by atoms with Crippen LogP contribution in [0, 0.1) is 6.92 Å². The van der Waals surface area contributed by atoms with Crippen LogP contribution in [0.15, 0.2) is 83.2 Å². The van der Waals surface area contributed by atoms with Crippen molar-refractivity contribution in [2.45, 2.75) is 45.4 Å². The van der Waals surface area contributed by atoms with Gasteiger partial charge in [-0.3, -0.25) is 9.59 Å². The van der Waals surface area contributed by atoms with Gasteiger partial charge in [0.1, 0.15) is 0 Å². The molecular weight excluding hydrogens is 532 g/mol. The molecule has 1 aliphatic carbocycles. The van der Waals surface area contributed by atoms with Gasteiger partial charge >= 0.3 is 0 Å². The third kappa shape index (κ3) is 5.57. The predicted molar refractivity (Wildman–Crippen MR) is 161 cm³/mol. The Bertz CT molecular complexity index is 1590. The molecule has 2 aliphatic rings. The maximum atomic E-state index is 14.0. The van der Waals surface area contributed by atoms with Gasteiger partial charge in [-0.15, -0.1) is 0 Å². The van der Waals surface area contributed by atoms with Crippen LogP contribution < -0.4 is 24.8 Å². The first-order chi connectivity index (χ1) is 20.2. The number of amides is 1. The summed E-state index contributed by atoms with van der Waals surface area (Å²) in [7, 11) is 3.18. The van der Waals surface area contributed by atoms with E-state index < -0.39 is 5.92 Å². The van der Waals surface area contributed by atoms with E-state index in [9.17, 15) is 14.7 Å². The molecule has 8 heteroatoms. The van der Waals surface area contributed by atoms with E-state index in [0.717, 1.165) is 16.8 Å². The number of phenols is 1. The number of hydrogen-bond donors (Lipinski definition) is 3. The van der Waals surface area contributed by atoms with E-state index in [1.165, 1.54) is 0 Å². The minimum absolute atomic E-state index is 0.00131. The molecule has 3 aromatic carbocycles. The van der Waals surface area contributed by atoms with E-state index in [4.69, 9.17) is 14.2 Å². The molecule has 1 aliphatic heterocycles. The molecule has 2 unspecified atom stereocenters. The molecule has 0 fully saturated rings. The fourth-order valence-electron chi connectivity index (χ4n) is 5.83. The van der Waals surface area contributed by atoms with E-state index in [1.807, 2.05) is 63.2 Å².